The Morgan fingerprint density at radius 3 is 2.22 bits per heavy atom. The number of nitrogens with two attached hydrogens (primary N) is 1. The molecule has 2 atom stereocenters. The van der Waals surface area contributed by atoms with E-state index >= 15 is 0 Å². The van der Waals surface area contributed by atoms with Crippen LogP contribution in [0.1, 0.15) is 48.7 Å². The molecule has 0 aliphatic heterocycles. The summed E-state index contributed by atoms with van der Waals surface area (Å²) in [6, 6.07) is 5.87. The molecule has 0 aliphatic carbocycles. The molecule has 0 amide bonds. The number of aromatic carboxylic acids is 1. The standard InChI is InChI=1S/C14H21NO3/c1-9(2)3-8-12(16)13(15)10-4-6-11(7-5-10)14(17)18/h4-7,9,12-13,16H,3,8,15H2,1-2H3,(H,17,18)/t12-,13+/m0/s1. The summed E-state index contributed by atoms with van der Waals surface area (Å²) in [4.78, 5) is 10.7. The lowest BCUT2D eigenvalue weighted by atomic mass is 9.95. The third kappa shape index (κ3) is 4.13. The van der Waals surface area contributed by atoms with Crippen LogP contribution in [0, 0.1) is 5.92 Å². The van der Waals surface area contributed by atoms with Crippen molar-refractivity contribution >= 4 is 5.97 Å². The molecule has 0 spiro atoms. The first-order valence-corrected chi connectivity index (χ1v) is 6.18. The van der Waals surface area contributed by atoms with E-state index in [4.69, 9.17) is 10.8 Å². The SMILES string of the molecule is CC(C)CC[C@H](O)[C@H](N)c1ccc(C(=O)O)cc1. The minimum atomic E-state index is -0.963. The molecule has 0 saturated heterocycles. The van der Waals surface area contributed by atoms with Crippen molar-refractivity contribution in [2.75, 3.05) is 0 Å². The summed E-state index contributed by atoms with van der Waals surface area (Å²) >= 11 is 0. The fourth-order valence-electron chi connectivity index (χ4n) is 1.75. The van der Waals surface area contributed by atoms with Crippen LogP contribution < -0.4 is 5.73 Å². The van der Waals surface area contributed by atoms with Crippen molar-refractivity contribution in [1.29, 1.82) is 0 Å². The number of aliphatic hydroxyl groups excluding tert-OH is 1. The molecule has 1 aromatic carbocycles. The third-order valence-electron chi connectivity index (χ3n) is 3.00. The highest BCUT2D eigenvalue weighted by Crippen LogP contribution is 2.19. The predicted octanol–water partition coefficient (Wildman–Crippen LogP) is 2.18. The fraction of sp³-hybridized carbons (Fsp3) is 0.500. The summed E-state index contributed by atoms with van der Waals surface area (Å²) in [6.45, 7) is 4.19. The van der Waals surface area contributed by atoms with Crippen LogP contribution in [-0.2, 0) is 0 Å². The zero-order chi connectivity index (χ0) is 13.7. The zero-order valence-corrected chi connectivity index (χ0v) is 10.8. The molecule has 4 nitrogen and oxygen atoms in total. The highest BCUT2D eigenvalue weighted by molar-refractivity contribution is 5.87. The number of carbonyl (C=O) groups is 1. The Bertz CT molecular complexity index is 387. The maximum atomic E-state index is 10.7. The lowest BCUT2D eigenvalue weighted by Crippen LogP contribution is -2.26. The van der Waals surface area contributed by atoms with E-state index in [0.29, 0.717) is 12.3 Å². The van der Waals surface area contributed by atoms with Gasteiger partial charge in [0.05, 0.1) is 17.7 Å². The van der Waals surface area contributed by atoms with Crippen molar-refractivity contribution < 1.29 is 15.0 Å². The molecule has 0 aliphatic rings. The Kier molecular flexibility index (Phi) is 5.31. The Balaban J connectivity index is 2.65. The van der Waals surface area contributed by atoms with Gasteiger partial charge < -0.3 is 15.9 Å². The van der Waals surface area contributed by atoms with Gasteiger partial charge in [0.2, 0.25) is 0 Å². The summed E-state index contributed by atoms with van der Waals surface area (Å²) < 4.78 is 0. The van der Waals surface area contributed by atoms with Crippen molar-refractivity contribution in [1.82, 2.24) is 0 Å². The average Bonchev–Trinajstić information content (AvgIpc) is 2.35. The molecule has 4 N–H and O–H groups in total. The maximum absolute atomic E-state index is 10.7. The topological polar surface area (TPSA) is 83.5 Å². The van der Waals surface area contributed by atoms with Crippen LogP contribution in [0.3, 0.4) is 0 Å². The summed E-state index contributed by atoms with van der Waals surface area (Å²) in [5, 5.41) is 18.7. The molecule has 0 aromatic heterocycles. The van der Waals surface area contributed by atoms with Crippen molar-refractivity contribution in [2.24, 2.45) is 11.7 Å². The fourth-order valence-corrected chi connectivity index (χ4v) is 1.75. The lowest BCUT2D eigenvalue weighted by Gasteiger charge is -2.20. The minimum absolute atomic E-state index is 0.225. The molecule has 100 valence electrons. The van der Waals surface area contributed by atoms with Crippen LogP contribution >= 0.6 is 0 Å². The molecular formula is C14H21NO3. The normalized spacial score (nSPS) is 14.5. The van der Waals surface area contributed by atoms with Gasteiger partial charge in [0.15, 0.2) is 0 Å². The molecule has 0 unspecified atom stereocenters. The number of benzene rings is 1. The maximum Gasteiger partial charge on any atom is 0.335 e. The van der Waals surface area contributed by atoms with Crippen LogP contribution in [0.25, 0.3) is 0 Å². The number of rotatable bonds is 6. The first-order chi connectivity index (χ1) is 8.41. The molecule has 0 radical (unpaired) electrons. The lowest BCUT2D eigenvalue weighted by molar-refractivity contribution is 0.0697. The first-order valence-electron chi connectivity index (χ1n) is 6.18. The highest BCUT2D eigenvalue weighted by Gasteiger charge is 2.17. The van der Waals surface area contributed by atoms with Gasteiger partial charge in [-0.1, -0.05) is 26.0 Å². The number of aliphatic hydroxyl groups is 1. The average molecular weight is 251 g/mol. The second-order valence-corrected chi connectivity index (χ2v) is 4.99. The van der Waals surface area contributed by atoms with Crippen LogP contribution in [0.2, 0.25) is 0 Å². The van der Waals surface area contributed by atoms with E-state index in [1.165, 1.54) is 12.1 Å². The van der Waals surface area contributed by atoms with Crippen molar-refractivity contribution in [3.63, 3.8) is 0 Å². The van der Waals surface area contributed by atoms with Crippen LogP contribution in [0.15, 0.2) is 24.3 Å². The predicted molar refractivity (Wildman–Crippen MR) is 70.4 cm³/mol. The van der Waals surface area contributed by atoms with E-state index in [2.05, 4.69) is 13.8 Å². The van der Waals surface area contributed by atoms with Crippen molar-refractivity contribution in [3.05, 3.63) is 35.4 Å². The smallest absolute Gasteiger partial charge is 0.335 e. The number of carboxylic acids is 1. The van der Waals surface area contributed by atoms with Gasteiger partial charge in [0.25, 0.3) is 0 Å². The van der Waals surface area contributed by atoms with Gasteiger partial charge in [-0.3, -0.25) is 0 Å². The van der Waals surface area contributed by atoms with Gasteiger partial charge in [-0.15, -0.1) is 0 Å². The Morgan fingerprint density at radius 1 is 1.22 bits per heavy atom. The second kappa shape index (κ2) is 6.52. The Morgan fingerprint density at radius 2 is 1.78 bits per heavy atom. The molecule has 0 saturated carbocycles. The molecule has 18 heavy (non-hydrogen) atoms. The molecule has 0 bridgehead atoms. The summed E-state index contributed by atoms with van der Waals surface area (Å²) in [5.41, 5.74) is 6.94. The number of hydrogen-bond acceptors (Lipinski definition) is 3. The van der Waals surface area contributed by atoms with E-state index in [-0.39, 0.29) is 5.56 Å². The highest BCUT2D eigenvalue weighted by atomic mass is 16.4. The van der Waals surface area contributed by atoms with E-state index < -0.39 is 18.1 Å². The molecular weight excluding hydrogens is 230 g/mol. The van der Waals surface area contributed by atoms with E-state index in [1.54, 1.807) is 12.1 Å². The van der Waals surface area contributed by atoms with Crippen molar-refractivity contribution in [2.45, 2.75) is 38.8 Å². The summed E-state index contributed by atoms with van der Waals surface area (Å²) in [6.07, 6.45) is 0.977. The van der Waals surface area contributed by atoms with Crippen LogP contribution in [0.5, 0.6) is 0 Å². The monoisotopic (exact) mass is 251 g/mol. The van der Waals surface area contributed by atoms with E-state index in [1.807, 2.05) is 0 Å². The Hall–Kier alpha value is -1.39. The van der Waals surface area contributed by atoms with E-state index in [0.717, 1.165) is 12.0 Å². The van der Waals surface area contributed by atoms with Gasteiger partial charge in [0, 0.05) is 0 Å². The minimum Gasteiger partial charge on any atom is -0.478 e. The van der Waals surface area contributed by atoms with Gasteiger partial charge in [-0.25, -0.2) is 4.79 Å². The zero-order valence-electron chi connectivity index (χ0n) is 10.8. The van der Waals surface area contributed by atoms with Crippen LogP contribution in [0.4, 0.5) is 0 Å². The molecule has 1 aromatic rings. The van der Waals surface area contributed by atoms with Gasteiger partial charge in [-0.05, 0) is 36.5 Å². The van der Waals surface area contributed by atoms with E-state index in [9.17, 15) is 9.90 Å². The van der Waals surface area contributed by atoms with Gasteiger partial charge in [-0.2, -0.15) is 0 Å². The quantitative estimate of drug-likeness (QED) is 0.723. The first kappa shape index (κ1) is 14.7. The summed E-state index contributed by atoms with van der Waals surface area (Å²) in [5.74, 6) is -0.434. The second-order valence-electron chi connectivity index (χ2n) is 4.99. The van der Waals surface area contributed by atoms with Gasteiger partial charge >= 0.3 is 5.97 Å². The molecule has 4 heteroatoms. The van der Waals surface area contributed by atoms with Crippen molar-refractivity contribution in [3.8, 4) is 0 Å². The molecule has 0 fully saturated rings. The molecule has 0 heterocycles. The van der Waals surface area contributed by atoms with Crippen LogP contribution in [-0.4, -0.2) is 22.3 Å². The largest absolute Gasteiger partial charge is 0.478 e. The molecule has 1 rings (SSSR count). The third-order valence-corrected chi connectivity index (χ3v) is 3.00. The Labute approximate surface area is 107 Å². The number of carboxylic acid groups (broad SMARTS) is 1. The summed E-state index contributed by atoms with van der Waals surface area (Å²) in [7, 11) is 0. The van der Waals surface area contributed by atoms with Gasteiger partial charge in [0.1, 0.15) is 0 Å². The number of hydrogen-bond donors (Lipinski definition) is 3.